The summed E-state index contributed by atoms with van der Waals surface area (Å²) in [5.74, 6) is 4.76. The van der Waals surface area contributed by atoms with E-state index in [9.17, 15) is 14.7 Å². The lowest BCUT2D eigenvalue weighted by atomic mass is 10.1. The maximum Gasteiger partial charge on any atom is 0.268 e. The number of aliphatic hydroxyl groups is 1. The Labute approximate surface area is 193 Å². The number of aliphatic hydroxyl groups excluding tert-OH is 1. The number of benzene rings is 2. The fourth-order valence-electron chi connectivity index (χ4n) is 3.46. The lowest BCUT2D eigenvalue weighted by Gasteiger charge is -2.19. The fraction of sp³-hybridized carbons (Fsp3) is 0.360. The van der Waals surface area contributed by atoms with Crippen LogP contribution in [0.25, 0.3) is 0 Å². The Hall–Kier alpha value is -3.22. The molecule has 1 aliphatic rings. The molecule has 2 aromatic carbocycles. The molecule has 1 heterocycles. The molecule has 1 unspecified atom stereocenters. The Balaban J connectivity index is 1.58. The highest BCUT2D eigenvalue weighted by atomic mass is 16.5. The van der Waals surface area contributed by atoms with Gasteiger partial charge in [0.1, 0.15) is 6.04 Å². The number of hydrogen-bond donors (Lipinski definition) is 4. The van der Waals surface area contributed by atoms with E-state index in [1.165, 1.54) is 18.0 Å². The Kier molecular flexibility index (Phi) is 8.98. The molecular formula is C25H29N3O5. The average molecular weight is 452 g/mol. The topological polar surface area (TPSA) is 111 Å². The van der Waals surface area contributed by atoms with E-state index in [-0.39, 0.29) is 0 Å². The Morgan fingerprint density at radius 3 is 2.27 bits per heavy atom. The highest BCUT2D eigenvalue weighted by molar-refractivity contribution is 5.97. The van der Waals surface area contributed by atoms with Gasteiger partial charge in [0.05, 0.1) is 12.7 Å². The van der Waals surface area contributed by atoms with Crippen LogP contribution in [0.5, 0.6) is 0 Å². The van der Waals surface area contributed by atoms with Crippen molar-refractivity contribution >= 4 is 11.8 Å². The number of carbonyl (C=O) groups is 2. The number of hydrogen-bond acceptors (Lipinski definition) is 6. The second-order valence-corrected chi connectivity index (χ2v) is 7.93. The molecule has 0 spiro atoms. The van der Waals surface area contributed by atoms with Crippen molar-refractivity contribution in [3.05, 3.63) is 70.8 Å². The standard InChI is InChI=1S/C25H29N3O5/c1-18(29)23(25(31)27-32)26-24(30)22-11-9-20(10-12-22)4-3-19-5-7-21(8-6-19)17-28-13-2-15-33-16-14-28/h5-12,18,23,29,32H,2,13-17H2,1H3,(H,26,30)(H,27,31)/t18?,23-/m0/s1. The van der Waals surface area contributed by atoms with E-state index in [4.69, 9.17) is 9.94 Å². The molecule has 1 aliphatic heterocycles. The second-order valence-electron chi connectivity index (χ2n) is 7.93. The van der Waals surface area contributed by atoms with Crippen LogP contribution in [-0.2, 0) is 16.1 Å². The van der Waals surface area contributed by atoms with Crippen molar-refractivity contribution in [1.29, 1.82) is 0 Å². The zero-order valence-electron chi connectivity index (χ0n) is 18.6. The summed E-state index contributed by atoms with van der Waals surface area (Å²) in [4.78, 5) is 26.3. The van der Waals surface area contributed by atoms with Crippen LogP contribution < -0.4 is 10.8 Å². The van der Waals surface area contributed by atoms with Gasteiger partial charge in [-0.1, -0.05) is 24.0 Å². The van der Waals surface area contributed by atoms with Crippen molar-refractivity contribution in [3.63, 3.8) is 0 Å². The normalized spacial score (nSPS) is 16.0. The third kappa shape index (κ3) is 7.41. The Morgan fingerprint density at radius 1 is 1.03 bits per heavy atom. The number of nitrogens with zero attached hydrogens (tertiary/aromatic N) is 1. The molecular weight excluding hydrogens is 422 g/mol. The highest BCUT2D eigenvalue weighted by Crippen LogP contribution is 2.10. The summed E-state index contributed by atoms with van der Waals surface area (Å²) in [7, 11) is 0. The first-order chi connectivity index (χ1) is 16.0. The van der Waals surface area contributed by atoms with Gasteiger partial charge in [0, 0.05) is 42.9 Å². The molecule has 1 fully saturated rings. The molecule has 8 nitrogen and oxygen atoms in total. The SMILES string of the molecule is CC(O)[C@H](NC(=O)c1ccc(C#Cc2ccc(CN3CCCOCC3)cc2)cc1)C(=O)NO. The molecule has 1 saturated heterocycles. The largest absolute Gasteiger partial charge is 0.391 e. The molecule has 8 heteroatoms. The zero-order chi connectivity index (χ0) is 23.6. The van der Waals surface area contributed by atoms with Gasteiger partial charge in [-0.2, -0.15) is 0 Å². The van der Waals surface area contributed by atoms with Crippen molar-refractivity contribution in [3.8, 4) is 11.8 Å². The van der Waals surface area contributed by atoms with Gasteiger partial charge >= 0.3 is 0 Å². The molecule has 0 saturated carbocycles. The van der Waals surface area contributed by atoms with Gasteiger partial charge < -0.3 is 15.2 Å². The summed E-state index contributed by atoms with van der Waals surface area (Å²) in [6.07, 6.45) is -0.112. The number of nitrogens with one attached hydrogen (secondary N) is 2. The van der Waals surface area contributed by atoms with Crippen LogP contribution in [0.15, 0.2) is 48.5 Å². The van der Waals surface area contributed by atoms with E-state index in [1.807, 2.05) is 12.1 Å². The lowest BCUT2D eigenvalue weighted by Crippen LogP contribution is -2.51. The molecule has 4 N–H and O–H groups in total. The molecule has 3 rings (SSSR count). The van der Waals surface area contributed by atoms with E-state index in [0.29, 0.717) is 5.56 Å². The van der Waals surface area contributed by atoms with Crippen LogP contribution in [0.2, 0.25) is 0 Å². The molecule has 2 amide bonds. The summed E-state index contributed by atoms with van der Waals surface area (Å²) < 4.78 is 5.50. The number of rotatable bonds is 6. The zero-order valence-corrected chi connectivity index (χ0v) is 18.6. The third-order valence-electron chi connectivity index (χ3n) is 5.33. The Bertz CT molecular complexity index is 985. The minimum absolute atomic E-state index is 0.306. The smallest absolute Gasteiger partial charge is 0.268 e. The van der Waals surface area contributed by atoms with Crippen LogP contribution in [0.3, 0.4) is 0 Å². The van der Waals surface area contributed by atoms with E-state index in [0.717, 1.165) is 50.4 Å². The molecule has 33 heavy (non-hydrogen) atoms. The van der Waals surface area contributed by atoms with Gasteiger partial charge in [0.2, 0.25) is 0 Å². The van der Waals surface area contributed by atoms with Gasteiger partial charge in [-0.25, -0.2) is 5.48 Å². The van der Waals surface area contributed by atoms with Gasteiger partial charge in [-0.15, -0.1) is 0 Å². The lowest BCUT2D eigenvalue weighted by molar-refractivity contribution is -0.133. The minimum Gasteiger partial charge on any atom is -0.391 e. The molecule has 2 aromatic rings. The van der Waals surface area contributed by atoms with E-state index < -0.39 is 24.0 Å². The van der Waals surface area contributed by atoms with Crippen LogP contribution in [0, 0.1) is 11.8 Å². The highest BCUT2D eigenvalue weighted by Gasteiger charge is 2.25. The first-order valence-corrected chi connectivity index (χ1v) is 10.9. The third-order valence-corrected chi connectivity index (χ3v) is 5.33. The molecule has 174 valence electrons. The number of hydroxylamine groups is 1. The fourth-order valence-corrected chi connectivity index (χ4v) is 3.46. The van der Waals surface area contributed by atoms with Crippen LogP contribution in [0.1, 0.15) is 40.4 Å². The van der Waals surface area contributed by atoms with Gasteiger partial charge in [-0.3, -0.25) is 19.7 Å². The quantitative estimate of drug-likeness (QED) is 0.299. The number of amides is 2. The first kappa shape index (κ1) is 24.4. The molecule has 2 atom stereocenters. The van der Waals surface area contributed by atoms with E-state index in [2.05, 4.69) is 34.2 Å². The van der Waals surface area contributed by atoms with Gasteiger partial charge in [-0.05, 0) is 55.3 Å². The van der Waals surface area contributed by atoms with E-state index >= 15 is 0 Å². The summed E-state index contributed by atoms with van der Waals surface area (Å²) in [6.45, 7) is 5.85. The molecule has 0 aliphatic carbocycles. The van der Waals surface area contributed by atoms with Crippen molar-refractivity contribution in [1.82, 2.24) is 15.7 Å². The predicted octanol–water partition coefficient (Wildman–Crippen LogP) is 1.29. The summed E-state index contributed by atoms with van der Waals surface area (Å²) in [6, 6.07) is 13.5. The summed E-state index contributed by atoms with van der Waals surface area (Å²) in [5, 5.41) is 20.8. The molecule has 0 bridgehead atoms. The minimum atomic E-state index is -1.27. The van der Waals surface area contributed by atoms with Crippen LogP contribution in [-0.4, -0.2) is 65.5 Å². The average Bonchev–Trinajstić information content (AvgIpc) is 3.10. The predicted molar refractivity (Wildman–Crippen MR) is 122 cm³/mol. The van der Waals surface area contributed by atoms with Crippen LogP contribution >= 0.6 is 0 Å². The monoisotopic (exact) mass is 451 g/mol. The first-order valence-electron chi connectivity index (χ1n) is 10.9. The van der Waals surface area contributed by atoms with E-state index in [1.54, 1.807) is 24.3 Å². The summed E-state index contributed by atoms with van der Waals surface area (Å²) >= 11 is 0. The number of carbonyl (C=O) groups excluding carboxylic acids is 2. The van der Waals surface area contributed by atoms with Crippen molar-refractivity contribution in [2.24, 2.45) is 0 Å². The van der Waals surface area contributed by atoms with Crippen molar-refractivity contribution in [2.75, 3.05) is 26.3 Å². The second kappa shape index (κ2) is 12.1. The maximum atomic E-state index is 12.3. The van der Waals surface area contributed by atoms with Crippen molar-refractivity contribution < 1.29 is 24.6 Å². The van der Waals surface area contributed by atoms with Gasteiger partial charge in [0.15, 0.2) is 0 Å². The van der Waals surface area contributed by atoms with Gasteiger partial charge in [0.25, 0.3) is 11.8 Å². The number of ether oxygens (including phenoxy) is 1. The molecule has 0 aromatic heterocycles. The maximum absolute atomic E-state index is 12.3. The summed E-state index contributed by atoms with van der Waals surface area (Å²) in [5.41, 5.74) is 4.61. The van der Waals surface area contributed by atoms with Crippen LogP contribution in [0.4, 0.5) is 0 Å². The molecule has 0 radical (unpaired) electrons. The Morgan fingerprint density at radius 2 is 1.67 bits per heavy atom. The van der Waals surface area contributed by atoms with Crippen molar-refractivity contribution in [2.45, 2.75) is 32.0 Å².